The van der Waals surface area contributed by atoms with Crippen LogP contribution in [0.4, 0.5) is 0 Å². The van der Waals surface area contributed by atoms with Gasteiger partial charge < -0.3 is 10.2 Å². The maximum absolute atomic E-state index is 11.0. The van der Waals surface area contributed by atoms with Crippen LogP contribution in [0.2, 0.25) is 5.02 Å². The molecule has 5 heteroatoms. The molecule has 0 saturated carbocycles. The van der Waals surface area contributed by atoms with Crippen LogP contribution in [0, 0.1) is 5.41 Å². The average Bonchev–Trinajstić information content (AvgIpc) is 2.16. The summed E-state index contributed by atoms with van der Waals surface area (Å²) in [5.41, 5.74) is -0.743. The fourth-order valence-corrected chi connectivity index (χ4v) is 2.13. The van der Waals surface area contributed by atoms with Crippen molar-refractivity contribution in [2.45, 2.75) is 20.0 Å². The molecule has 88 valence electrons. The lowest BCUT2D eigenvalue weighted by molar-refractivity contribution is -0.153. The fourth-order valence-electron chi connectivity index (χ4n) is 1.23. The zero-order valence-corrected chi connectivity index (χ0v) is 11.2. The van der Waals surface area contributed by atoms with Gasteiger partial charge in [0.15, 0.2) is 0 Å². The van der Waals surface area contributed by atoms with Crippen molar-refractivity contribution in [3.05, 3.63) is 33.3 Å². The third kappa shape index (κ3) is 2.56. The molecule has 1 atom stereocenters. The van der Waals surface area contributed by atoms with Gasteiger partial charge in [0.2, 0.25) is 0 Å². The van der Waals surface area contributed by atoms with Gasteiger partial charge in [0.1, 0.15) is 0 Å². The van der Waals surface area contributed by atoms with Gasteiger partial charge >= 0.3 is 5.97 Å². The van der Waals surface area contributed by atoms with Gasteiger partial charge in [0.25, 0.3) is 0 Å². The van der Waals surface area contributed by atoms with Crippen molar-refractivity contribution in [1.82, 2.24) is 0 Å². The van der Waals surface area contributed by atoms with Crippen LogP contribution in [0.3, 0.4) is 0 Å². The Labute approximate surface area is 107 Å². The van der Waals surface area contributed by atoms with Gasteiger partial charge in [-0.15, -0.1) is 0 Å². The maximum atomic E-state index is 11.0. The Morgan fingerprint density at radius 1 is 1.50 bits per heavy atom. The van der Waals surface area contributed by atoms with Crippen molar-refractivity contribution in [2.75, 3.05) is 0 Å². The molecule has 16 heavy (non-hydrogen) atoms. The normalized spacial score (nSPS) is 13.6. The second kappa shape index (κ2) is 4.73. The van der Waals surface area contributed by atoms with Gasteiger partial charge in [-0.1, -0.05) is 33.6 Å². The minimum atomic E-state index is -1.25. The van der Waals surface area contributed by atoms with E-state index in [-0.39, 0.29) is 0 Å². The summed E-state index contributed by atoms with van der Waals surface area (Å²) >= 11 is 9.02. The lowest BCUT2D eigenvalue weighted by Crippen LogP contribution is -2.31. The molecular formula is C11H12BrClO3. The number of hydrogen-bond donors (Lipinski definition) is 2. The quantitative estimate of drug-likeness (QED) is 0.901. The number of carboxylic acids is 1. The first-order valence-corrected chi connectivity index (χ1v) is 5.80. The van der Waals surface area contributed by atoms with E-state index in [0.29, 0.717) is 15.1 Å². The lowest BCUT2D eigenvalue weighted by atomic mass is 9.83. The van der Waals surface area contributed by atoms with Crippen molar-refractivity contribution < 1.29 is 15.0 Å². The topological polar surface area (TPSA) is 57.5 Å². The van der Waals surface area contributed by atoms with E-state index in [2.05, 4.69) is 15.9 Å². The first-order valence-electron chi connectivity index (χ1n) is 4.63. The number of carboxylic acid groups (broad SMARTS) is 1. The molecule has 0 radical (unpaired) electrons. The SMILES string of the molecule is CC(C)(C(=O)O)C(O)c1ccc(Cl)cc1Br. The van der Waals surface area contributed by atoms with Crippen LogP contribution in [0.1, 0.15) is 25.5 Å². The predicted molar refractivity (Wildman–Crippen MR) is 65.5 cm³/mol. The first kappa shape index (κ1) is 13.5. The third-order valence-electron chi connectivity index (χ3n) is 2.49. The molecular weight excluding hydrogens is 295 g/mol. The standard InChI is InChI=1S/C11H12BrClO3/c1-11(2,10(15)16)9(14)7-4-3-6(13)5-8(7)12/h3-5,9,14H,1-2H3,(H,15,16). The molecule has 0 bridgehead atoms. The summed E-state index contributed by atoms with van der Waals surface area (Å²) in [6.07, 6.45) is -1.10. The molecule has 0 aliphatic carbocycles. The minimum absolute atomic E-state index is 0.511. The summed E-state index contributed by atoms with van der Waals surface area (Å²) in [7, 11) is 0. The molecule has 0 aliphatic heterocycles. The molecule has 0 aliphatic rings. The largest absolute Gasteiger partial charge is 0.481 e. The summed E-state index contributed by atoms with van der Waals surface area (Å²) in [5, 5.41) is 19.6. The van der Waals surface area contributed by atoms with Crippen LogP contribution >= 0.6 is 27.5 Å². The molecule has 0 fully saturated rings. The number of benzene rings is 1. The molecule has 1 aromatic carbocycles. The summed E-state index contributed by atoms with van der Waals surface area (Å²) in [6.45, 7) is 2.95. The van der Waals surface area contributed by atoms with Crippen molar-refractivity contribution in [2.24, 2.45) is 5.41 Å². The van der Waals surface area contributed by atoms with E-state index in [1.165, 1.54) is 13.8 Å². The number of aliphatic hydroxyl groups is 1. The summed E-state index contributed by atoms with van der Waals surface area (Å²) in [6, 6.07) is 4.85. The lowest BCUT2D eigenvalue weighted by Gasteiger charge is -2.26. The number of carbonyl (C=O) groups is 1. The number of aliphatic carboxylic acids is 1. The average molecular weight is 308 g/mol. The predicted octanol–water partition coefficient (Wildman–Crippen LogP) is 3.25. The first-order chi connectivity index (χ1) is 7.26. The Morgan fingerprint density at radius 2 is 2.06 bits per heavy atom. The van der Waals surface area contributed by atoms with E-state index in [9.17, 15) is 9.90 Å². The monoisotopic (exact) mass is 306 g/mol. The third-order valence-corrected chi connectivity index (χ3v) is 3.41. The highest BCUT2D eigenvalue weighted by atomic mass is 79.9. The van der Waals surface area contributed by atoms with Crippen molar-refractivity contribution in [3.63, 3.8) is 0 Å². The number of aliphatic hydroxyl groups excluding tert-OH is 1. The maximum Gasteiger partial charge on any atom is 0.312 e. The number of halogens is 2. The Kier molecular flexibility index (Phi) is 3.99. The molecule has 0 amide bonds. The van der Waals surface area contributed by atoms with Gasteiger partial charge in [-0.25, -0.2) is 0 Å². The summed E-state index contributed by atoms with van der Waals surface area (Å²) in [4.78, 5) is 11.0. The molecule has 1 unspecified atom stereocenters. The molecule has 0 saturated heterocycles. The van der Waals surface area contributed by atoms with Crippen LogP contribution in [0.15, 0.2) is 22.7 Å². The van der Waals surface area contributed by atoms with Crippen LogP contribution in [-0.4, -0.2) is 16.2 Å². The van der Waals surface area contributed by atoms with E-state index < -0.39 is 17.5 Å². The Balaban J connectivity index is 3.14. The Morgan fingerprint density at radius 3 is 2.50 bits per heavy atom. The highest BCUT2D eigenvalue weighted by molar-refractivity contribution is 9.10. The molecule has 0 aromatic heterocycles. The van der Waals surface area contributed by atoms with Crippen molar-refractivity contribution in [3.8, 4) is 0 Å². The van der Waals surface area contributed by atoms with Crippen molar-refractivity contribution in [1.29, 1.82) is 0 Å². The smallest absolute Gasteiger partial charge is 0.312 e. The Hall–Kier alpha value is -0.580. The fraction of sp³-hybridized carbons (Fsp3) is 0.364. The highest BCUT2D eigenvalue weighted by Gasteiger charge is 2.37. The second-order valence-corrected chi connectivity index (χ2v) is 5.39. The van der Waals surface area contributed by atoms with Crippen LogP contribution in [0.25, 0.3) is 0 Å². The zero-order chi connectivity index (χ0) is 12.5. The molecule has 1 rings (SSSR count). The molecule has 1 aromatic rings. The van der Waals surface area contributed by atoms with Crippen LogP contribution in [0.5, 0.6) is 0 Å². The number of hydrogen-bond acceptors (Lipinski definition) is 2. The molecule has 0 heterocycles. The molecule has 0 spiro atoms. The van der Waals surface area contributed by atoms with Gasteiger partial charge in [0, 0.05) is 9.50 Å². The van der Waals surface area contributed by atoms with Gasteiger partial charge in [0.05, 0.1) is 11.5 Å². The van der Waals surface area contributed by atoms with Gasteiger partial charge in [-0.2, -0.15) is 0 Å². The van der Waals surface area contributed by atoms with E-state index >= 15 is 0 Å². The number of rotatable bonds is 3. The summed E-state index contributed by atoms with van der Waals surface area (Å²) < 4.78 is 0.599. The second-order valence-electron chi connectivity index (χ2n) is 4.10. The molecule has 3 nitrogen and oxygen atoms in total. The van der Waals surface area contributed by atoms with E-state index in [1.54, 1.807) is 18.2 Å². The van der Waals surface area contributed by atoms with Crippen LogP contribution < -0.4 is 0 Å². The minimum Gasteiger partial charge on any atom is -0.481 e. The van der Waals surface area contributed by atoms with E-state index in [0.717, 1.165) is 0 Å². The van der Waals surface area contributed by atoms with Crippen LogP contribution in [-0.2, 0) is 4.79 Å². The zero-order valence-electron chi connectivity index (χ0n) is 8.87. The van der Waals surface area contributed by atoms with E-state index in [1.807, 2.05) is 0 Å². The Bertz CT molecular complexity index is 418. The van der Waals surface area contributed by atoms with Gasteiger partial charge in [-0.3, -0.25) is 4.79 Å². The van der Waals surface area contributed by atoms with Crippen molar-refractivity contribution >= 4 is 33.5 Å². The molecule has 2 N–H and O–H groups in total. The van der Waals surface area contributed by atoms with Gasteiger partial charge in [-0.05, 0) is 31.5 Å². The van der Waals surface area contributed by atoms with E-state index in [4.69, 9.17) is 16.7 Å². The summed E-state index contributed by atoms with van der Waals surface area (Å²) in [5.74, 6) is -1.05. The highest BCUT2D eigenvalue weighted by Crippen LogP contribution is 2.37.